The van der Waals surface area contributed by atoms with E-state index >= 15 is 0 Å². The smallest absolute Gasteiger partial charge is 0.0162 e. The van der Waals surface area contributed by atoms with Crippen molar-refractivity contribution in [3.63, 3.8) is 0 Å². The summed E-state index contributed by atoms with van der Waals surface area (Å²) in [5.74, 6) is 2.47. The molecule has 0 atom stereocenters. The van der Waals surface area contributed by atoms with Crippen molar-refractivity contribution in [3.8, 4) is 0 Å². The second-order valence-corrected chi connectivity index (χ2v) is 10.8. The van der Waals surface area contributed by atoms with Gasteiger partial charge in [0.15, 0.2) is 0 Å². The quantitative estimate of drug-likeness (QED) is 0.113. The molecule has 0 unspecified atom stereocenters. The fourth-order valence-corrected chi connectivity index (χ4v) is 5.26. The van der Waals surface area contributed by atoms with E-state index in [9.17, 15) is 0 Å². The highest BCUT2D eigenvalue weighted by atomic mass is 33.1. The van der Waals surface area contributed by atoms with E-state index < -0.39 is 0 Å². The molecule has 0 fully saturated rings. The maximum absolute atomic E-state index is 3.59. The van der Waals surface area contributed by atoms with Crippen molar-refractivity contribution >= 4 is 21.6 Å². The Morgan fingerprint density at radius 3 is 1.07 bits per heavy atom. The van der Waals surface area contributed by atoms with E-state index in [1.54, 1.807) is 0 Å². The highest BCUT2D eigenvalue weighted by Gasteiger charge is 1.95. The molecule has 0 aliphatic heterocycles. The molecule has 0 amide bonds. The maximum Gasteiger partial charge on any atom is 0.0162 e. The van der Waals surface area contributed by atoms with Crippen LogP contribution in [0.2, 0.25) is 0 Å². The Balaban J connectivity index is 2.96. The zero-order valence-corrected chi connectivity index (χ0v) is 21.0. The van der Waals surface area contributed by atoms with Crippen LogP contribution in [0.4, 0.5) is 0 Å². The molecule has 0 saturated carbocycles. The summed E-state index contributed by atoms with van der Waals surface area (Å²) in [6.07, 6.45) is 22.6. The van der Waals surface area contributed by atoms with Crippen LogP contribution in [0.1, 0.15) is 117 Å². The first-order valence-corrected chi connectivity index (χ1v) is 15.1. The lowest BCUT2D eigenvalue weighted by molar-refractivity contribution is 0.560. The molecule has 2 nitrogen and oxygen atoms in total. The minimum Gasteiger partial charge on any atom is -0.316 e. The number of rotatable bonds is 25. The summed E-state index contributed by atoms with van der Waals surface area (Å²) in [7, 11) is 4.06. The number of hydrogen-bond acceptors (Lipinski definition) is 4. The van der Waals surface area contributed by atoms with Crippen molar-refractivity contribution in [2.24, 2.45) is 0 Å². The third kappa shape index (κ3) is 26.6. The lowest BCUT2D eigenvalue weighted by Crippen LogP contribution is -2.19. The Bertz CT molecular complexity index is 239. The summed E-state index contributed by atoms with van der Waals surface area (Å²) >= 11 is 0. The molecule has 0 heterocycles. The van der Waals surface area contributed by atoms with Gasteiger partial charge in [0, 0.05) is 24.6 Å². The van der Waals surface area contributed by atoms with Crippen molar-refractivity contribution < 1.29 is 0 Å². The van der Waals surface area contributed by atoms with Gasteiger partial charge in [0.1, 0.15) is 0 Å². The standard InChI is InChI=1S/C24H52N2S2/c1-3-5-7-9-11-13-15-17-19-25-21-23-27-28-24-22-26-20-18-16-14-12-10-8-6-4-2/h25-26H,3-24H2,1-2H3. The summed E-state index contributed by atoms with van der Waals surface area (Å²) in [6, 6.07) is 0. The van der Waals surface area contributed by atoms with Crippen LogP contribution in [0.3, 0.4) is 0 Å². The zero-order chi connectivity index (χ0) is 20.4. The normalized spacial score (nSPS) is 11.4. The predicted octanol–water partition coefficient (Wildman–Crippen LogP) is 7.83. The van der Waals surface area contributed by atoms with E-state index in [0.29, 0.717) is 0 Å². The van der Waals surface area contributed by atoms with Crippen LogP contribution in [0.25, 0.3) is 0 Å². The largest absolute Gasteiger partial charge is 0.316 e. The van der Waals surface area contributed by atoms with Gasteiger partial charge in [0.2, 0.25) is 0 Å². The van der Waals surface area contributed by atoms with Gasteiger partial charge in [0.25, 0.3) is 0 Å². The molecule has 28 heavy (non-hydrogen) atoms. The van der Waals surface area contributed by atoms with Gasteiger partial charge < -0.3 is 10.6 Å². The lowest BCUT2D eigenvalue weighted by atomic mass is 10.1. The topological polar surface area (TPSA) is 24.1 Å². The molecule has 0 bridgehead atoms. The number of unbranched alkanes of at least 4 members (excludes halogenated alkanes) is 14. The summed E-state index contributed by atoms with van der Waals surface area (Å²) in [5, 5.41) is 7.19. The Morgan fingerprint density at radius 1 is 0.393 bits per heavy atom. The first-order chi connectivity index (χ1) is 13.9. The second kappa shape index (κ2) is 27.6. The Hall–Kier alpha value is 0.620. The maximum atomic E-state index is 3.59. The minimum atomic E-state index is 1.17. The molecule has 170 valence electrons. The van der Waals surface area contributed by atoms with Gasteiger partial charge >= 0.3 is 0 Å². The fourth-order valence-electron chi connectivity index (χ4n) is 3.36. The van der Waals surface area contributed by atoms with Crippen LogP contribution in [0.15, 0.2) is 0 Å². The van der Waals surface area contributed by atoms with Gasteiger partial charge in [0.05, 0.1) is 0 Å². The molecule has 4 heteroatoms. The Labute approximate surface area is 186 Å². The van der Waals surface area contributed by atoms with Crippen molar-refractivity contribution in [2.75, 3.05) is 37.7 Å². The summed E-state index contributed by atoms with van der Waals surface area (Å²) in [5.41, 5.74) is 0. The summed E-state index contributed by atoms with van der Waals surface area (Å²) < 4.78 is 0. The molecular formula is C24H52N2S2. The van der Waals surface area contributed by atoms with Crippen molar-refractivity contribution in [1.29, 1.82) is 0 Å². The lowest BCUT2D eigenvalue weighted by Gasteiger charge is -2.06. The van der Waals surface area contributed by atoms with E-state index in [1.165, 1.54) is 140 Å². The molecular weight excluding hydrogens is 380 g/mol. The van der Waals surface area contributed by atoms with Crippen LogP contribution in [-0.4, -0.2) is 37.7 Å². The molecule has 0 aromatic rings. The van der Waals surface area contributed by atoms with E-state index in [0.717, 1.165) is 0 Å². The summed E-state index contributed by atoms with van der Waals surface area (Å²) in [6.45, 7) is 9.33. The first-order valence-electron chi connectivity index (χ1n) is 12.6. The van der Waals surface area contributed by atoms with Gasteiger partial charge in [-0.2, -0.15) is 0 Å². The molecule has 0 spiro atoms. The molecule has 0 radical (unpaired) electrons. The SMILES string of the molecule is CCCCCCCCCCNCCSSCCNCCCCCCCCCC. The molecule has 2 N–H and O–H groups in total. The summed E-state index contributed by atoms with van der Waals surface area (Å²) in [4.78, 5) is 0. The van der Waals surface area contributed by atoms with Crippen LogP contribution < -0.4 is 10.6 Å². The highest BCUT2D eigenvalue weighted by Crippen LogP contribution is 2.19. The molecule has 0 rings (SSSR count). The number of nitrogens with one attached hydrogen (secondary N) is 2. The van der Waals surface area contributed by atoms with Crippen molar-refractivity contribution in [1.82, 2.24) is 10.6 Å². The van der Waals surface area contributed by atoms with E-state index in [-0.39, 0.29) is 0 Å². The fraction of sp³-hybridized carbons (Fsp3) is 1.00. The molecule has 0 aromatic heterocycles. The highest BCUT2D eigenvalue weighted by molar-refractivity contribution is 8.76. The molecule has 0 aromatic carbocycles. The minimum absolute atomic E-state index is 1.17. The molecule has 0 aliphatic carbocycles. The molecule has 0 saturated heterocycles. The Kier molecular flexibility index (Phi) is 28.2. The van der Waals surface area contributed by atoms with Crippen molar-refractivity contribution in [3.05, 3.63) is 0 Å². The average Bonchev–Trinajstić information content (AvgIpc) is 2.71. The van der Waals surface area contributed by atoms with Crippen molar-refractivity contribution in [2.45, 2.75) is 117 Å². The van der Waals surface area contributed by atoms with Crippen LogP contribution >= 0.6 is 21.6 Å². The first kappa shape index (κ1) is 28.6. The van der Waals surface area contributed by atoms with E-state index in [2.05, 4.69) is 24.5 Å². The van der Waals surface area contributed by atoms with E-state index in [4.69, 9.17) is 0 Å². The molecule has 0 aliphatic rings. The van der Waals surface area contributed by atoms with Gasteiger partial charge in [-0.1, -0.05) is 125 Å². The Morgan fingerprint density at radius 2 is 0.714 bits per heavy atom. The third-order valence-corrected chi connectivity index (χ3v) is 7.63. The second-order valence-electron chi connectivity index (χ2n) is 8.09. The van der Waals surface area contributed by atoms with Gasteiger partial charge in [-0.15, -0.1) is 0 Å². The van der Waals surface area contributed by atoms with Crippen LogP contribution in [0.5, 0.6) is 0 Å². The number of hydrogen-bond donors (Lipinski definition) is 2. The van der Waals surface area contributed by atoms with Gasteiger partial charge in [-0.05, 0) is 25.9 Å². The van der Waals surface area contributed by atoms with Crippen LogP contribution in [-0.2, 0) is 0 Å². The van der Waals surface area contributed by atoms with Crippen LogP contribution in [0, 0.1) is 0 Å². The van der Waals surface area contributed by atoms with Gasteiger partial charge in [-0.3, -0.25) is 0 Å². The predicted molar refractivity (Wildman–Crippen MR) is 136 cm³/mol. The van der Waals surface area contributed by atoms with Gasteiger partial charge in [-0.25, -0.2) is 0 Å². The average molecular weight is 433 g/mol. The van der Waals surface area contributed by atoms with E-state index in [1.807, 2.05) is 21.6 Å². The third-order valence-electron chi connectivity index (χ3n) is 5.22. The monoisotopic (exact) mass is 432 g/mol. The zero-order valence-electron chi connectivity index (χ0n) is 19.4.